The van der Waals surface area contributed by atoms with Gasteiger partial charge < -0.3 is 4.74 Å². The van der Waals surface area contributed by atoms with Gasteiger partial charge >= 0.3 is 6.09 Å². The van der Waals surface area contributed by atoms with Crippen LogP contribution >= 0.6 is 0 Å². The maximum atomic E-state index is 11.2. The number of rotatable bonds is 0. The zero-order chi connectivity index (χ0) is 9.19. The minimum atomic E-state index is -0.476. The lowest BCUT2D eigenvalue weighted by molar-refractivity contribution is -0.0923. The van der Waals surface area contributed by atoms with Crippen LogP contribution in [-0.4, -0.2) is 23.4 Å². The predicted molar refractivity (Wildman–Crippen MR) is 43.2 cm³/mol. The summed E-state index contributed by atoms with van der Waals surface area (Å²) >= 11 is 0. The number of amides is 1. The molecule has 0 atom stereocenters. The van der Waals surface area contributed by atoms with Crippen LogP contribution in [0.1, 0.15) is 20.8 Å². The van der Waals surface area contributed by atoms with Gasteiger partial charge in [0.2, 0.25) is 0 Å². The largest absolute Gasteiger partial charge is 0.442 e. The lowest BCUT2D eigenvalue weighted by atomic mass is 10.2. The van der Waals surface area contributed by atoms with Crippen molar-refractivity contribution in [3.8, 4) is 0 Å². The predicted octanol–water partition coefficient (Wildman–Crippen LogP) is 1.68. The highest BCUT2D eigenvalue weighted by Gasteiger charge is 2.22. The molecule has 0 saturated carbocycles. The average Bonchev–Trinajstić information content (AvgIpc) is 2.32. The van der Waals surface area contributed by atoms with Crippen molar-refractivity contribution < 1.29 is 14.4 Å². The Morgan fingerprint density at radius 2 is 2.25 bits per heavy atom. The number of carbonyl (C=O) groups excluding carboxylic acids is 1. The highest BCUT2D eigenvalue weighted by molar-refractivity contribution is 5.68. The summed E-state index contributed by atoms with van der Waals surface area (Å²) < 4.78 is 5.03. The Hall–Kier alpha value is -1.03. The van der Waals surface area contributed by atoms with Crippen molar-refractivity contribution in [2.75, 3.05) is 6.61 Å². The molecule has 1 amide bonds. The molecule has 68 valence electrons. The molecule has 0 unspecified atom stereocenters. The Morgan fingerprint density at radius 1 is 1.58 bits per heavy atom. The average molecular weight is 171 g/mol. The number of ether oxygens (including phenoxy) is 1. The maximum absolute atomic E-state index is 11.2. The molecule has 0 fully saturated rings. The van der Waals surface area contributed by atoms with Crippen LogP contribution in [0.5, 0.6) is 0 Å². The normalized spacial score (nSPS) is 16.8. The van der Waals surface area contributed by atoms with E-state index in [1.807, 2.05) is 20.8 Å². The molecular weight excluding hydrogens is 158 g/mol. The van der Waals surface area contributed by atoms with E-state index < -0.39 is 11.7 Å². The Labute approximate surface area is 71.7 Å². The molecule has 4 nitrogen and oxygen atoms in total. The molecule has 1 aliphatic heterocycles. The van der Waals surface area contributed by atoms with E-state index in [-0.39, 0.29) is 0 Å². The van der Waals surface area contributed by atoms with Crippen molar-refractivity contribution in [3.05, 3.63) is 12.3 Å². The smallest absolute Gasteiger partial charge is 0.438 e. The summed E-state index contributed by atoms with van der Waals surface area (Å²) in [5, 5.41) is 1.09. The second-order valence-electron chi connectivity index (χ2n) is 3.49. The summed E-state index contributed by atoms with van der Waals surface area (Å²) in [7, 11) is 0. The van der Waals surface area contributed by atoms with Crippen LogP contribution in [-0.2, 0) is 9.57 Å². The van der Waals surface area contributed by atoms with Crippen LogP contribution in [0.25, 0.3) is 0 Å². The summed E-state index contributed by atoms with van der Waals surface area (Å²) in [4.78, 5) is 16.1. The van der Waals surface area contributed by atoms with Gasteiger partial charge in [-0.3, -0.25) is 4.84 Å². The fourth-order valence-electron chi connectivity index (χ4n) is 0.726. The third-order valence-electron chi connectivity index (χ3n) is 1.12. The van der Waals surface area contributed by atoms with Gasteiger partial charge in [-0.2, -0.15) is 5.06 Å². The van der Waals surface area contributed by atoms with Crippen LogP contribution in [0.4, 0.5) is 4.79 Å². The molecule has 0 saturated heterocycles. The van der Waals surface area contributed by atoms with Gasteiger partial charge in [-0.1, -0.05) is 0 Å². The van der Waals surface area contributed by atoms with Crippen LogP contribution < -0.4 is 0 Å². The second kappa shape index (κ2) is 3.15. The Kier molecular flexibility index (Phi) is 2.38. The highest BCUT2D eigenvalue weighted by atomic mass is 16.7. The summed E-state index contributed by atoms with van der Waals surface area (Å²) in [5.41, 5.74) is -0.475. The summed E-state index contributed by atoms with van der Waals surface area (Å²) in [6, 6.07) is 0. The van der Waals surface area contributed by atoms with Gasteiger partial charge in [0.1, 0.15) is 5.60 Å². The molecule has 12 heavy (non-hydrogen) atoms. The molecular formula is C8H13NO3. The summed E-state index contributed by atoms with van der Waals surface area (Å²) in [6.07, 6.45) is 2.81. The van der Waals surface area contributed by atoms with E-state index in [2.05, 4.69) is 0 Å². The molecule has 0 aromatic rings. The Bertz CT molecular complexity index is 205. The molecule has 0 radical (unpaired) electrons. The van der Waals surface area contributed by atoms with E-state index in [4.69, 9.17) is 9.57 Å². The molecule has 0 spiro atoms. The van der Waals surface area contributed by atoms with Gasteiger partial charge in [-0.05, 0) is 26.8 Å². The quantitative estimate of drug-likeness (QED) is 0.556. The van der Waals surface area contributed by atoms with E-state index in [0.29, 0.717) is 6.61 Å². The first-order chi connectivity index (χ1) is 5.49. The van der Waals surface area contributed by atoms with Crippen molar-refractivity contribution in [1.29, 1.82) is 0 Å². The number of nitrogens with zero attached hydrogens (tertiary/aromatic N) is 1. The number of hydroxylamine groups is 2. The molecule has 0 bridgehead atoms. The van der Waals surface area contributed by atoms with Crippen molar-refractivity contribution in [2.45, 2.75) is 26.4 Å². The van der Waals surface area contributed by atoms with Crippen LogP contribution in [0.15, 0.2) is 12.3 Å². The first-order valence-corrected chi connectivity index (χ1v) is 3.81. The minimum Gasteiger partial charge on any atom is -0.442 e. The third kappa shape index (κ3) is 2.54. The summed E-state index contributed by atoms with van der Waals surface area (Å²) in [6.45, 7) is 5.86. The lowest BCUT2D eigenvalue weighted by Gasteiger charge is -2.22. The first-order valence-electron chi connectivity index (χ1n) is 3.81. The van der Waals surface area contributed by atoms with Crippen molar-refractivity contribution >= 4 is 6.09 Å². The van der Waals surface area contributed by atoms with Gasteiger partial charge in [0.05, 0.1) is 6.61 Å². The second-order valence-corrected chi connectivity index (χ2v) is 3.49. The number of hydrogen-bond donors (Lipinski definition) is 0. The number of carbonyl (C=O) groups is 1. The zero-order valence-electron chi connectivity index (χ0n) is 7.53. The minimum absolute atomic E-state index is 0.430. The monoisotopic (exact) mass is 171 g/mol. The highest BCUT2D eigenvalue weighted by Crippen LogP contribution is 2.12. The van der Waals surface area contributed by atoms with Gasteiger partial charge in [0, 0.05) is 6.20 Å². The van der Waals surface area contributed by atoms with Crippen LogP contribution in [0.3, 0.4) is 0 Å². The van der Waals surface area contributed by atoms with E-state index in [0.717, 1.165) is 5.06 Å². The molecule has 0 aromatic heterocycles. The Morgan fingerprint density at radius 3 is 2.67 bits per heavy atom. The van der Waals surface area contributed by atoms with Gasteiger partial charge in [0.15, 0.2) is 0 Å². The van der Waals surface area contributed by atoms with Gasteiger partial charge in [-0.25, -0.2) is 4.79 Å². The zero-order valence-corrected chi connectivity index (χ0v) is 7.53. The van der Waals surface area contributed by atoms with E-state index >= 15 is 0 Å². The van der Waals surface area contributed by atoms with Crippen molar-refractivity contribution in [3.63, 3.8) is 0 Å². The Balaban J connectivity index is 2.43. The molecule has 1 rings (SSSR count). The fraction of sp³-hybridized carbons (Fsp3) is 0.625. The van der Waals surface area contributed by atoms with Crippen LogP contribution in [0.2, 0.25) is 0 Å². The molecule has 1 aliphatic rings. The molecule has 4 heteroatoms. The topological polar surface area (TPSA) is 38.8 Å². The van der Waals surface area contributed by atoms with E-state index in [1.54, 1.807) is 12.3 Å². The molecule has 0 N–H and O–H groups in total. The van der Waals surface area contributed by atoms with Crippen LogP contribution in [0, 0.1) is 0 Å². The van der Waals surface area contributed by atoms with E-state index in [9.17, 15) is 4.79 Å². The van der Waals surface area contributed by atoms with E-state index in [1.165, 1.54) is 0 Å². The van der Waals surface area contributed by atoms with Gasteiger partial charge in [0.25, 0.3) is 0 Å². The van der Waals surface area contributed by atoms with Crippen molar-refractivity contribution in [2.24, 2.45) is 0 Å². The van der Waals surface area contributed by atoms with Gasteiger partial charge in [-0.15, -0.1) is 0 Å². The lowest BCUT2D eigenvalue weighted by Crippen LogP contribution is -2.31. The summed E-state index contributed by atoms with van der Waals surface area (Å²) in [5.74, 6) is 0. The van der Waals surface area contributed by atoms with Crippen molar-refractivity contribution in [1.82, 2.24) is 5.06 Å². The first kappa shape index (κ1) is 9.06. The molecule has 0 aromatic carbocycles. The maximum Gasteiger partial charge on any atom is 0.438 e. The standard InChI is InChI=1S/C8H13NO3/c1-8(2,3)12-7(10)9-5-4-6-11-9/h4-5H,6H2,1-3H3. The fourth-order valence-corrected chi connectivity index (χ4v) is 0.726. The third-order valence-corrected chi connectivity index (χ3v) is 1.12. The molecule has 1 heterocycles. The SMILES string of the molecule is CC(C)(C)OC(=O)N1C=CCO1. The molecule has 0 aliphatic carbocycles. The number of hydrogen-bond acceptors (Lipinski definition) is 3.